The summed E-state index contributed by atoms with van der Waals surface area (Å²) in [4.78, 5) is 17.3. The predicted octanol–water partition coefficient (Wildman–Crippen LogP) is 3.84. The van der Waals surface area contributed by atoms with Crippen molar-refractivity contribution in [3.05, 3.63) is 40.7 Å². The second-order valence-electron chi connectivity index (χ2n) is 5.45. The lowest BCUT2D eigenvalue weighted by molar-refractivity contribution is -0.122. The molecule has 21 heavy (non-hydrogen) atoms. The summed E-state index contributed by atoms with van der Waals surface area (Å²) in [5, 5.41) is 3.68. The molecule has 1 atom stereocenters. The number of hydrogen-bond donors (Lipinski definition) is 1. The molecule has 1 aliphatic rings. The van der Waals surface area contributed by atoms with Crippen molar-refractivity contribution < 1.29 is 9.18 Å². The fourth-order valence-corrected chi connectivity index (χ4v) is 3.40. The molecular formula is C16H17FN2OS. The number of nitrogens with zero attached hydrogens (tertiary/aromatic N) is 1. The van der Waals surface area contributed by atoms with E-state index in [4.69, 9.17) is 0 Å². The van der Waals surface area contributed by atoms with Crippen molar-refractivity contribution in [2.45, 2.75) is 32.7 Å². The summed E-state index contributed by atoms with van der Waals surface area (Å²) in [5.74, 6) is 0.0296. The Morgan fingerprint density at radius 2 is 2.14 bits per heavy atom. The Bertz CT molecular complexity index is 679. The average Bonchev–Trinajstić information content (AvgIpc) is 3.22. The quantitative estimate of drug-likeness (QED) is 0.932. The van der Waals surface area contributed by atoms with Crippen LogP contribution >= 0.6 is 11.3 Å². The van der Waals surface area contributed by atoms with Crippen molar-refractivity contribution in [3.63, 3.8) is 0 Å². The number of halogens is 1. The van der Waals surface area contributed by atoms with E-state index >= 15 is 0 Å². The normalized spacial score (nSPS) is 15.8. The van der Waals surface area contributed by atoms with Gasteiger partial charge in [0.2, 0.25) is 5.91 Å². The number of carbonyl (C=O) groups excluding carboxylic acids is 1. The van der Waals surface area contributed by atoms with Crippen LogP contribution in [0.1, 0.15) is 36.4 Å². The van der Waals surface area contributed by atoms with Gasteiger partial charge in [0.15, 0.2) is 0 Å². The number of amides is 1. The van der Waals surface area contributed by atoms with Gasteiger partial charge in [-0.3, -0.25) is 4.79 Å². The number of hydrogen-bond acceptors (Lipinski definition) is 3. The van der Waals surface area contributed by atoms with Gasteiger partial charge in [0.25, 0.3) is 0 Å². The van der Waals surface area contributed by atoms with E-state index in [1.165, 1.54) is 17.4 Å². The molecule has 1 aromatic heterocycles. The minimum absolute atomic E-state index is 0.0869. The van der Waals surface area contributed by atoms with E-state index in [9.17, 15) is 9.18 Å². The molecule has 1 aromatic carbocycles. The van der Waals surface area contributed by atoms with Crippen LogP contribution in [0.2, 0.25) is 0 Å². The third-order valence-electron chi connectivity index (χ3n) is 3.64. The molecule has 1 aliphatic carbocycles. The standard InChI is InChI=1S/C16H17FN2OS/c1-9(18-15(20)11-7-8-11)14-10(2)19-16(21-14)12-5-3-4-6-13(12)17/h3-6,9,11H,7-8H2,1-2H3,(H,18,20). The fourth-order valence-electron chi connectivity index (χ4n) is 2.30. The van der Waals surface area contributed by atoms with E-state index in [-0.39, 0.29) is 23.7 Å². The molecule has 0 spiro atoms. The van der Waals surface area contributed by atoms with Gasteiger partial charge in [-0.15, -0.1) is 11.3 Å². The lowest BCUT2D eigenvalue weighted by atomic mass is 10.2. The molecule has 1 amide bonds. The Kier molecular flexibility index (Phi) is 3.76. The number of thiazole rings is 1. The molecule has 3 rings (SSSR count). The lowest BCUT2D eigenvalue weighted by Gasteiger charge is -2.12. The first kappa shape index (κ1) is 14.2. The highest BCUT2D eigenvalue weighted by molar-refractivity contribution is 7.15. The van der Waals surface area contributed by atoms with Gasteiger partial charge in [-0.05, 0) is 38.8 Å². The zero-order valence-electron chi connectivity index (χ0n) is 12.0. The summed E-state index contributed by atoms with van der Waals surface area (Å²) in [6, 6.07) is 6.54. The highest BCUT2D eigenvalue weighted by atomic mass is 32.1. The van der Waals surface area contributed by atoms with Crippen LogP contribution in [0.5, 0.6) is 0 Å². The van der Waals surface area contributed by atoms with E-state index in [0.29, 0.717) is 10.6 Å². The first-order valence-corrected chi connectivity index (χ1v) is 7.90. The molecule has 1 saturated carbocycles. The summed E-state index contributed by atoms with van der Waals surface area (Å²) >= 11 is 1.44. The molecular weight excluding hydrogens is 287 g/mol. The Hall–Kier alpha value is -1.75. The summed E-state index contributed by atoms with van der Waals surface area (Å²) < 4.78 is 13.8. The van der Waals surface area contributed by atoms with Gasteiger partial charge in [0, 0.05) is 11.5 Å². The molecule has 1 unspecified atom stereocenters. The Balaban J connectivity index is 1.84. The number of nitrogens with one attached hydrogen (secondary N) is 1. The molecule has 0 radical (unpaired) electrons. The van der Waals surface area contributed by atoms with E-state index in [2.05, 4.69) is 10.3 Å². The second-order valence-corrected chi connectivity index (χ2v) is 6.48. The molecule has 1 N–H and O–H groups in total. The zero-order chi connectivity index (χ0) is 15.0. The highest BCUT2D eigenvalue weighted by Gasteiger charge is 2.31. The van der Waals surface area contributed by atoms with Gasteiger partial charge < -0.3 is 5.32 Å². The number of rotatable bonds is 4. The van der Waals surface area contributed by atoms with Gasteiger partial charge >= 0.3 is 0 Å². The van der Waals surface area contributed by atoms with Crippen LogP contribution in [0.25, 0.3) is 10.6 Å². The van der Waals surface area contributed by atoms with Crippen molar-refractivity contribution >= 4 is 17.2 Å². The third kappa shape index (κ3) is 2.97. The maximum Gasteiger partial charge on any atom is 0.223 e. The monoisotopic (exact) mass is 304 g/mol. The molecule has 0 saturated heterocycles. The SMILES string of the molecule is Cc1nc(-c2ccccc2F)sc1C(C)NC(=O)C1CC1. The fraction of sp³-hybridized carbons (Fsp3) is 0.375. The number of aromatic nitrogens is 1. The molecule has 0 aliphatic heterocycles. The zero-order valence-corrected chi connectivity index (χ0v) is 12.8. The molecule has 5 heteroatoms. The van der Waals surface area contributed by atoms with Crippen LogP contribution < -0.4 is 5.32 Å². The lowest BCUT2D eigenvalue weighted by Crippen LogP contribution is -2.27. The highest BCUT2D eigenvalue weighted by Crippen LogP contribution is 2.34. The van der Waals surface area contributed by atoms with Gasteiger partial charge in [-0.2, -0.15) is 0 Å². The topological polar surface area (TPSA) is 42.0 Å². The number of benzene rings is 1. The average molecular weight is 304 g/mol. The molecule has 0 bridgehead atoms. The third-order valence-corrected chi connectivity index (χ3v) is 5.01. The Labute approximate surface area is 127 Å². The summed E-state index contributed by atoms with van der Waals surface area (Å²) in [7, 11) is 0. The van der Waals surface area contributed by atoms with E-state index < -0.39 is 0 Å². The molecule has 1 fully saturated rings. The van der Waals surface area contributed by atoms with Crippen molar-refractivity contribution in [1.29, 1.82) is 0 Å². The van der Waals surface area contributed by atoms with Crippen LogP contribution in [0.15, 0.2) is 24.3 Å². The van der Waals surface area contributed by atoms with Crippen LogP contribution in [0.4, 0.5) is 4.39 Å². The van der Waals surface area contributed by atoms with Crippen LogP contribution in [0, 0.1) is 18.7 Å². The van der Waals surface area contributed by atoms with E-state index in [1.807, 2.05) is 13.8 Å². The van der Waals surface area contributed by atoms with Crippen LogP contribution in [-0.4, -0.2) is 10.9 Å². The first-order chi connectivity index (χ1) is 10.1. The minimum Gasteiger partial charge on any atom is -0.348 e. The maximum absolute atomic E-state index is 13.8. The Morgan fingerprint density at radius 1 is 1.43 bits per heavy atom. The summed E-state index contributed by atoms with van der Waals surface area (Å²) in [6.45, 7) is 3.85. The summed E-state index contributed by atoms with van der Waals surface area (Å²) in [6.07, 6.45) is 1.97. The molecule has 110 valence electrons. The molecule has 1 heterocycles. The largest absolute Gasteiger partial charge is 0.348 e. The van der Waals surface area contributed by atoms with Gasteiger partial charge in [-0.25, -0.2) is 9.37 Å². The summed E-state index contributed by atoms with van der Waals surface area (Å²) in [5.41, 5.74) is 1.36. The van der Waals surface area contributed by atoms with Crippen molar-refractivity contribution in [2.24, 2.45) is 5.92 Å². The van der Waals surface area contributed by atoms with E-state index in [1.54, 1.807) is 18.2 Å². The van der Waals surface area contributed by atoms with Crippen molar-refractivity contribution in [1.82, 2.24) is 10.3 Å². The number of aryl methyl sites for hydroxylation is 1. The van der Waals surface area contributed by atoms with Gasteiger partial charge in [0.05, 0.1) is 16.6 Å². The van der Waals surface area contributed by atoms with Crippen molar-refractivity contribution in [2.75, 3.05) is 0 Å². The van der Waals surface area contributed by atoms with Crippen molar-refractivity contribution in [3.8, 4) is 10.6 Å². The molecule has 3 nitrogen and oxygen atoms in total. The second kappa shape index (κ2) is 5.56. The predicted molar refractivity (Wildman–Crippen MR) is 81.5 cm³/mol. The number of carbonyl (C=O) groups is 1. The van der Waals surface area contributed by atoms with Crippen LogP contribution in [-0.2, 0) is 4.79 Å². The van der Waals surface area contributed by atoms with Gasteiger partial charge in [0.1, 0.15) is 10.8 Å². The maximum atomic E-state index is 13.8. The van der Waals surface area contributed by atoms with Crippen LogP contribution in [0.3, 0.4) is 0 Å². The smallest absolute Gasteiger partial charge is 0.223 e. The molecule has 2 aromatic rings. The van der Waals surface area contributed by atoms with Gasteiger partial charge in [-0.1, -0.05) is 12.1 Å². The Morgan fingerprint density at radius 3 is 2.81 bits per heavy atom. The first-order valence-electron chi connectivity index (χ1n) is 7.09. The minimum atomic E-state index is -0.271. The van der Waals surface area contributed by atoms with E-state index in [0.717, 1.165) is 23.4 Å².